The van der Waals surface area contributed by atoms with Crippen molar-refractivity contribution in [2.75, 3.05) is 0 Å². The van der Waals surface area contributed by atoms with Gasteiger partial charge in [0.1, 0.15) is 23.5 Å². The van der Waals surface area contributed by atoms with Crippen molar-refractivity contribution in [1.29, 1.82) is 0 Å². The summed E-state index contributed by atoms with van der Waals surface area (Å²) in [6, 6.07) is -2.00. The van der Waals surface area contributed by atoms with Crippen LogP contribution in [-0.2, 0) is 16.0 Å². The van der Waals surface area contributed by atoms with E-state index in [1.54, 1.807) is 20.8 Å². The van der Waals surface area contributed by atoms with Gasteiger partial charge in [0.15, 0.2) is 0 Å². The van der Waals surface area contributed by atoms with E-state index in [9.17, 15) is 19.2 Å². The third-order valence-electron chi connectivity index (χ3n) is 4.19. The maximum atomic E-state index is 12.8. The first-order valence-corrected chi connectivity index (χ1v) is 9.44. The second kappa shape index (κ2) is 10.0. The van der Waals surface area contributed by atoms with Crippen LogP contribution in [0.4, 0.5) is 0 Å². The van der Waals surface area contributed by atoms with Gasteiger partial charge in [-0.25, -0.2) is 4.98 Å². The van der Waals surface area contributed by atoms with Crippen LogP contribution in [-0.4, -0.2) is 44.9 Å². The first-order chi connectivity index (χ1) is 13.0. The van der Waals surface area contributed by atoms with Gasteiger partial charge in [-0.3, -0.25) is 19.2 Å². The van der Waals surface area contributed by atoms with E-state index in [-0.39, 0.29) is 28.8 Å². The largest absolute Gasteiger partial charge is 0.480 e. The number of hydrogen-bond donors (Lipinski definition) is 4. The fraction of sp³-hybridized carbons (Fsp3) is 0.632. The molecule has 0 bridgehead atoms. The van der Waals surface area contributed by atoms with Gasteiger partial charge in [0, 0.05) is 11.6 Å². The number of aryl methyl sites for hydroxylation is 1. The van der Waals surface area contributed by atoms with E-state index in [4.69, 9.17) is 5.11 Å². The standard InChI is InChI=1S/C19H30N4O5/c1-7-12-15(23-14(10(4)5)17(25)21-12)18(26)22-13(8-9(2)3)16(24)20-11(6)19(27)28/h9-11,13H,7-8H2,1-6H3,(H,20,24)(H,21,25)(H,22,26)(H,27,28). The summed E-state index contributed by atoms with van der Waals surface area (Å²) in [6.07, 6.45) is 0.715. The van der Waals surface area contributed by atoms with Crippen molar-refractivity contribution in [3.8, 4) is 0 Å². The summed E-state index contributed by atoms with van der Waals surface area (Å²) in [4.78, 5) is 55.3. The highest BCUT2D eigenvalue weighted by Crippen LogP contribution is 2.12. The summed E-state index contributed by atoms with van der Waals surface area (Å²) in [7, 11) is 0. The molecule has 0 saturated heterocycles. The SMILES string of the molecule is CCc1[nH]c(=O)c(C(C)C)nc1C(=O)NC(CC(C)C)C(=O)NC(C)C(=O)O. The van der Waals surface area contributed by atoms with Gasteiger partial charge in [-0.05, 0) is 25.7 Å². The van der Waals surface area contributed by atoms with Crippen LogP contribution < -0.4 is 16.2 Å². The molecule has 1 heterocycles. The van der Waals surface area contributed by atoms with E-state index in [0.29, 0.717) is 18.5 Å². The Bertz CT molecular complexity index is 785. The zero-order valence-electron chi connectivity index (χ0n) is 17.3. The Hall–Kier alpha value is -2.71. The minimum absolute atomic E-state index is 0.0682. The molecular weight excluding hydrogens is 364 g/mol. The van der Waals surface area contributed by atoms with Crippen molar-refractivity contribution < 1.29 is 19.5 Å². The maximum absolute atomic E-state index is 12.8. The van der Waals surface area contributed by atoms with Crippen LogP contribution in [0.15, 0.2) is 4.79 Å². The lowest BCUT2D eigenvalue weighted by Crippen LogP contribution is -2.51. The summed E-state index contributed by atoms with van der Waals surface area (Å²) >= 11 is 0. The number of hydrogen-bond acceptors (Lipinski definition) is 5. The van der Waals surface area contributed by atoms with Crippen LogP contribution in [0.5, 0.6) is 0 Å². The number of carbonyl (C=O) groups excluding carboxylic acids is 2. The van der Waals surface area contributed by atoms with Crippen LogP contribution >= 0.6 is 0 Å². The summed E-state index contributed by atoms with van der Waals surface area (Å²) in [5, 5.41) is 14.0. The number of H-pyrrole nitrogens is 1. The molecule has 0 aromatic carbocycles. The van der Waals surface area contributed by atoms with Crippen molar-refractivity contribution in [2.24, 2.45) is 5.92 Å². The predicted molar refractivity (Wildman–Crippen MR) is 104 cm³/mol. The van der Waals surface area contributed by atoms with Crippen LogP contribution in [0.25, 0.3) is 0 Å². The second-order valence-corrected chi connectivity index (χ2v) is 7.51. The molecule has 156 valence electrons. The molecule has 2 unspecified atom stereocenters. The molecule has 2 amide bonds. The minimum atomic E-state index is -1.17. The topological polar surface area (TPSA) is 141 Å². The number of amides is 2. The lowest BCUT2D eigenvalue weighted by molar-refractivity contribution is -0.141. The Morgan fingerprint density at radius 1 is 1.11 bits per heavy atom. The summed E-state index contributed by atoms with van der Waals surface area (Å²) in [6.45, 7) is 10.5. The lowest BCUT2D eigenvalue weighted by Gasteiger charge is -2.22. The quantitative estimate of drug-likeness (QED) is 0.496. The Morgan fingerprint density at radius 3 is 2.18 bits per heavy atom. The highest BCUT2D eigenvalue weighted by molar-refractivity contribution is 5.97. The smallest absolute Gasteiger partial charge is 0.325 e. The molecule has 0 aliphatic rings. The molecule has 1 rings (SSSR count). The number of rotatable bonds is 9. The number of aromatic nitrogens is 2. The summed E-state index contributed by atoms with van der Waals surface area (Å²) < 4.78 is 0. The Balaban J connectivity index is 3.17. The number of carboxylic acid groups (broad SMARTS) is 1. The monoisotopic (exact) mass is 394 g/mol. The Kier molecular flexibility index (Phi) is 8.34. The highest BCUT2D eigenvalue weighted by atomic mass is 16.4. The van der Waals surface area contributed by atoms with E-state index in [0.717, 1.165) is 0 Å². The number of carbonyl (C=O) groups is 3. The molecular formula is C19H30N4O5. The summed E-state index contributed by atoms with van der Waals surface area (Å²) in [5.41, 5.74) is 0.356. The van der Waals surface area contributed by atoms with Gasteiger partial charge in [-0.15, -0.1) is 0 Å². The lowest BCUT2D eigenvalue weighted by atomic mass is 10.0. The van der Waals surface area contributed by atoms with Crippen molar-refractivity contribution >= 4 is 17.8 Å². The number of aliphatic carboxylic acids is 1. The van der Waals surface area contributed by atoms with Crippen molar-refractivity contribution in [3.05, 3.63) is 27.4 Å². The van der Waals surface area contributed by atoms with Crippen molar-refractivity contribution in [1.82, 2.24) is 20.6 Å². The first kappa shape index (κ1) is 23.3. The van der Waals surface area contributed by atoms with E-state index in [2.05, 4.69) is 20.6 Å². The van der Waals surface area contributed by atoms with Gasteiger partial charge in [0.25, 0.3) is 11.5 Å². The van der Waals surface area contributed by atoms with Crippen LogP contribution in [0.3, 0.4) is 0 Å². The molecule has 0 spiro atoms. The van der Waals surface area contributed by atoms with Crippen molar-refractivity contribution in [3.63, 3.8) is 0 Å². The Morgan fingerprint density at radius 2 is 1.71 bits per heavy atom. The Labute approximate surface area is 164 Å². The molecule has 0 fully saturated rings. The molecule has 0 aliphatic carbocycles. The first-order valence-electron chi connectivity index (χ1n) is 9.44. The molecule has 1 aromatic heterocycles. The predicted octanol–water partition coefficient (Wildman–Crippen LogP) is 1.19. The van der Waals surface area contributed by atoms with Gasteiger partial charge in [-0.2, -0.15) is 0 Å². The molecule has 0 saturated carbocycles. The van der Waals surface area contributed by atoms with Gasteiger partial charge < -0.3 is 20.7 Å². The number of nitrogens with one attached hydrogen (secondary N) is 3. The average molecular weight is 394 g/mol. The van der Waals surface area contributed by atoms with Gasteiger partial charge in [-0.1, -0.05) is 34.6 Å². The number of carboxylic acids is 1. The zero-order chi connectivity index (χ0) is 21.6. The van der Waals surface area contributed by atoms with E-state index >= 15 is 0 Å². The molecule has 4 N–H and O–H groups in total. The molecule has 0 aliphatic heterocycles. The second-order valence-electron chi connectivity index (χ2n) is 7.51. The van der Waals surface area contributed by atoms with E-state index < -0.39 is 29.9 Å². The third kappa shape index (κ3) is 6.17. The molecule has 1 aromatic rings. The fourth-order valence-corrected chi connectivity index (χ4v) is 2.64. The average Bonchev–Trinajstić information content (AvgIpc) is 2.59. The molecule has 9 nitrogen and oxygen atoms in total. The number of aromatic amines is 1. The van der Waals surface area contributed by atoms with Crippen LogP contribution in [0.1, 0.15) is 75.8 Å². The van der Waals surface area contributed by atoms with E-state index in [1.807, 2.05) is 13.8 Å². The highest BCUT2D eigenvalue weighted by Gasteiger charge is 2.27. The number of nitrogens with zero attached hydrogens (tertiary/aromatic N) is 1. The normalized spacial score (nSPS) is 13.3. The molecule has 0 radical (unpaired) electrons. The van der Waals surface area contributed by atoms with Gasteiger partial charge in [0.2, 0.25) is 5.91 Å². The molecule has 2 atom stereocenters. The van der Waals surface area contributed by atoms with Crippen LogP contribution in [0, 0.1) is 5.92 Å². The minimum Gasteiger partial charge on any atom is -0.480 e. The fourth-order valence-electron chi connectivity index (χ4n) is 2.64. The van der Waals surface area contributed by atoms with Gasteiger partial charge in [0.05, 0.1) is 0 Å². The van der Waals surface area contributed by atoms with Gasteiger partial charge >= 0.3 is 5.97 Å². The zero-order valence-corrected chi connectivity index (χ0v) is 17.3. The van der Waals surface area contributed by atoms with Crippen molar-refractivity contribution in [2.45, 2.75) is 72.4 Å². The van der Waals surface area contributed by atoms with E-state index in [1.165, 1.54) is 6.92 Å². The third-order valence-corrected chi connectivity index (χ3v) is 4.19. The summed E-state index contributed by atoms with van der Waals surface area (Å²) in [5.74, 6) is -2.42. The molecule has 28 heavy (non-hydrogen) atoms. The molecule has 9 heteroatoms. The maximum Gasteiger partial charge on any atom is 0.325 e. The van der Waals surface area contributed by atoms with Crippen LogP contribution in [0.2, 0.25) is 0 Å².